The highest BCUT2D eigenvalue weighted by molar-refractivity contribution is 7.93. The lowest BCUT2D eigenvalue weighted by atomic mass is 9.89. The van der Waals surface area contributed by atoms with Crippen molar-refractivity contribution in [3.8, 4) is 0 Å². The topological polar surface area (TPSA) is 202 Å². The van der Waals surface area contributed by atoms with Gasteiger partial charge in [0.1, 0.15) is 36.1 Å². The predicted octanol–water partition coefficient (Wildman–Crippen LogP) is 11.2. The van der Waals surface area contributed by atoms with Crippen molar-refractivity contribution in [1.29, 1.82) is 0 Å². The highest BCUT2D eigenvalue weighted by Gasteiger charge is 2.50. The zero-order chi connectivity index (χ0) is 55.4. The van der Waals surface area contributed by atoms with Crippen LogP contribution < -0.4 is 0 Å². The molecule has 6 rings (SSSR count). The standard InChI is InChI=1S/2C26H30Cl2FNO6S/c2*1-5-18(14-37(34,35)26(2,3)4)30-23(15-9-10-19(28)20(29)12-15)24(16-7-6-8-17(27)11-16)36-21(25(30)33)13-22(31)32/h2*6-12,18,21,23-24H,5,13-14H2,1-4H3,(H,31,32)/t18-,21+,23+,24+;18-,21-,23+,24+/m00/s1. The van der Waals surface area contributed by atoms with Crippen LogP contribution in [0.3, 0.4) is 0 Å². The van der Waals surface area contributed by atoms with Crippen LogP contribution in [0.15, 0.2) is 84.9 Å². The van der Waals surface area contributed by atoms with Gasteiger partial charge < -0.3 is 29.5 Å². The fraction of sp³-hybridized carbons (Fsp3) is 0.462. The molecule has 4 aromatic carbocycles. The molecular formula is C52H60Cl4F2N2O12S2. The summed E-state index contributed by atoms with van der Waals surface area (Å²) in [5.41, 5.74) is 1.68. The number of sulfone groups is 2. The molecule has 2 aliphatic rings. The summed E-state index contributed by atoms with van der Waals surface area (Å²) in [6.07, 6.45) is -5.47. The summed E-state index contributed by atoms with van der Waals surface area (Å²) in [5.74, 6) is -6.06. The van der Waals surface area contributed by atoms with E-state index in [0.29, 0.717) is 32.3 Å². The molecule has 0 spiro atoms. The van der Waals surface area contributed by atoms with Crippen LogP contribution in [0.4, 0.5) is 8.78 Å². The number of carboxylic acid groups (broad SMARTS) is 2. The third-order valence-corrected chi connectivity index (χ3v) is 19.4. The van der Waals surface area contributed by atoms with E-state index < -0.39 is 126 Å². The maximum atomic E-state index is 14.6. The smallest absolute Gasteiger partial charge is 0.306 e. The average molecular weight is 1150 g/mol. The summed E-state index contributed by atoms with van der Waals surface area (Å²) in [6.45, 7) is 12.9. The largest absolute Gasteiger partial charge is 0.481 e. The van der Waals surface area contributed by atoms with E-state index in [1.807, 2.05) is 0 Å². The first kappa shape index (κ1) is 60.5. The maximum absolute atomic E-state index is 14.6. The Morgan fingerprint density at radius 3 is 1.19 bits per heavy atom. The SMILES string of the molecule is CC[C@@H](CS(=O)(=O)C(C)(C)C)N1C(=O)[C@@H](CC(=O)O)O[C@H](c2cccc(Cl)c2)[C@H]1c1ccc(Cl)c(F)c1.CC[C@@H](CS(=O)(=O)C(C)(C)C)N1C(=O)[C@H](CC(=O)O)O[C@H](c2cccc(Cl)c2)[C@H]1c1ccc(Cl)c(F)c1. The van der Waals surface area contributed by atoms with E-state index in [-0.39, 0.29) is 34.4 Å². The van der Waals surface area contributed by atoms with Crippen LogP contribution in [0.5, 0.6) is 0 Å². The number of hydrogen-bond acceptors (Lipinski definition) is 10. The molecule has 2 aliphatic heterocycles. The second-order valence-electron chi connectivity index (χ2n) is 20.0. The fourth-order valence-electron chi connectivity index (χ4n) is 8.67. The van der Waals surface area contributed by atoms with Crippen molar-refractivity contribution in [2.75, 3.05) is 11.5 Å². The first-order chi connectivity index (χ1) is 34.3. The van der Waals surface area contributed by atoms with E-state index in [9.17, 15) is 55.0 Å². The highest BCUT2D eigenvalue weighted by atomic mass is 35.5. The van der Waals surface area contributed by atoms with E-state index in [4.69, 9.17) is 55.9 Å². The van der Waals surface area contributed by atoms with Crippen molar-refractivity contribution in [3.05, 3.63) is 139 Å². The number of carboxylic acids is 2. The van der Waals surface area contributed by atoms with Gasteiger partial charge in [-0.15, -0.1) is 0 Å². The van der Waals surface area contributed by atoms with Crippen LogP contribution in [0.2, 0.25) is 20.1 Å². The number of rotatable bonds is 16. The lowest BCUT2D eigenvalue weighted by Crippen LogP contribution is -2.57. The van der Waals surface area contributed by atoms with Crippen molar-refractivity contribution in [2.45, 2.75) is 139 Å². The first-order valence-corrected chi connectivity index (χ1v) is 28.4. The number of aliphatic carboxylic acids is 2. The van der Waals surface area contributed by atoms with Crippen molar-refractivity contribution in [3.63, 3.8) is 0 Å². The molecule has 74 heavy (non-hydrogen) atoms. The lowest BCUT2D eigenvalue weighted by Gasteiger charge is -2.48. The van der Waals surface area contributed by atoms with E-state index >= 15 is 0 Å². The Morgan fingerprint density at radius 2 is 0.919 bits per heavy atom. The number of nitrogens with zero attached hydrogens (tertiary/aromatic N) is 2. The molecule has 2 N–H and O–H groups in total. The summed E-state index contributed by atoms with van der Waals surface area (Å²) in [4.78, 5) is 53.5. The molecule has 404 valence electrons. The number of hydrogen-bond donors (Lipinski definition) is 2. The predicted molar refractivity (Wildman–Crippen MR) is 280 cm³/mol. The van der Waals surface area contributed by atoms with E-state index in [2.05, 4.69) is 0 Å². The zero-order valence-electron chi connectivity index (χ0n) is 41.9. The van der Waals surface area contributed by atoms with Gasteiger partial charge in [0.15, 0.2) is 19.7 Å². The Balaban J connectivity index is 0.000000274. The first-order valence-electron chi connectivity index (χ1n) is 23.6. The number of benzene rings is 4. The Labute approximate surface area is 451 Å². The molecule has 0 saturated carbocycles. The molecule has 4 aromatic rings. The quantitative estimate of drug-likeness (QED) is 0.108. The van der Waals surface area contributed by atoms with Crippen LogP contribution in [0.1, 0.15) is 128 Å². The minimum atomic E-state index is -3.70. The number of halogens is 6. The average Bonchev–Trinajstić information content (AvgIpc) is 3.29. The van der Waals surface area contributed by atoms with Gasteiger partial charge in [-0.05, 0) is 125 Å². The molecule has 8 atom stereocenters. The van der Waals surface area contributed by atoms with Crippen LogP contribution in [0.25, 0.3) is 0 Å². The number of amides is 2. The van der Waals surface area contributed by atoms with Crippen molar-refractivity contribution >= 4 is 89.8 Å². The Hall–Kier alpha value is -4.40. The van der Waals surface area contributed by atoms with Gasteiger partial charge in [-0.2, -0.15) is 0 Å². The molecule has 0 unspecified atom stereocenters. The fourth-order valence-corrected chi connectivity index (χ4v) is 12.1. The molecular weight excluding hydrogens is 1090 g/mol. The van der Waals surface area contributed by atoms with Gasteiger partial charge in [0, 0.05) is 22.1 Å². The summed E-state index contributed by atoms with van der Waals surface area (Å²) in [6, 6.07) is 17.8. The zero-order valence-corrected chi connectivity index (χ0v) is 46.6. The number of ether oxygens (including phenoxy) is 2. The molecule has 2 heterocycles. The molecule has 2 saturated heterocycles. The van der Waals surface area contributed by atoms with E-state index in [0.717, 1.165) is 0 Å². The van der Waals surface area contributed by atoms with Crippen molar-refractivity contribution in [2.24, 2.45) is 0 Å². The summed E-state index contributed by atoms with van der Waals surface area (Å²) in [5, 5.41) is 19.5. The lowest BCUT2D eigenvalue weighted by molar-refractivity contribution is -0.182. The molecule has 2 fully saturated rings. The van der Waals surface area contributed by atoms with Crippen LogP contribution >= 0.6 is 46.4 Å². The number of morpholine rings is 2. The third-order valence-electron chi connectivity index (χ3n) is 12.9. The Kier molecular flexibility index (Phi) is 19.8. The molecule has 2 amide bonds. The second kappa shape index (κ2) is 24.3. The number of carbonyl (C=O) groups excluding carboxylic acids is 2. The van der Waals surface area contributed by atoms with Crippen molar-refractivity contribution in [1.82, 2.24) is 9.80 Å². The number of carbonyl (C=O) groups is 4. The minimum Gasteiger partial charge on any atom is -0.481 e. The summed E-state index contributed by atoms with van der Waals surface area (Å²) in [7, 11) is -7.40. The highest BCUT2D eigenvalue weighted by Crippen LogP contribution is 2.47. The van der Waals surface area contributed by atoms with Gasteiger partial charge in [-0.1, -0.05) is 96.6 Å². The molecule has 0 radical (unpaired) electrons. The Bertz CT molecular complexity index is 2760. The second-order valence-corrected chi connectivity index (χ2v) is 27.3. The monoisotopic (exact) mass is 1150 g/mol. The van der Waals surface area contributed by atoms with Crippen LogP contribution in [0, 0.1) is 11.6 Å². The van der Waals surface area contributed by atoms with Gasteiger partial charge in [-0.3, -0.25) is 19.2 Å². The van der Waals surface area contributed by atoms with Crippen molar-refractivity contribution < 1.29 is 64.5 Å². The third kappa shape index (κ3) is 14.1. The molecule has 14 nitrogen and oxygen atoms in total. The van der Waals surface area contributed by atoms with E-state index in [1.165, 1.54) is 34.1 Å². The normalized spacial score (nSPS) is 21.6. The van der Waals surface area contributed by atoms with Crippen LogP contribution in [-0.4, -0.2) is 106 Å². The molecule has 0 aromatic heterocycles. The molecule has 0 aliphatic carbocycles. The Morgan fingerprint density at radius 1 is 0.581 bits per heavy atom. The van der Waals surface area contributed by atoms with Gasteiger partial charge >= 0.3 is 11.9 Å². The molecule has 0 bridgehead atoms. The van der Waals surface area contributed by atoms with Crippen LogP contribution in [-0.2, 0) is 48.3 Å². The van der Waals surface area contributed by atoms with Gasteiger partial charge in [-0.25, -0.2) is 25.6 Å². The molecule has 22 heteroatoms. The minimum absolute atomic E-state index is 0.122. The summed E-state index contributed by atoms with van der Waals surface area (Å²) < 4.78 is 92.1. The van der Waals surface area contributed by atoms with E-state index in [1.54, 1.807) is 116 Å². The summed E-state index contributed by atoms with van der Waals surface area (Å²) >= 11 is 24.3. The van der Waals surface area contributed by atoms with Gasteiger partial charge in [0.2, 0.25) is 0 Å². The van der Waals surface area contributed by atoms with Gasteiger partial charge in [0.25, 0.3) is 11.8 Å². The van der Waals surface area contributed by atoms with Gasteiger partial charge in [0.05, 0.1) is 56.0 Å². The maximum Gasteiger partial charge on any atom is 0.306 e.